The van der Waals surface area contributed by atoms with Crippen molar-refractivity contribution in [3.05, 3.63) is 352 Å². The first kappa shape index (κ1) is 64.4. The Morgan fingerprint density at radius 3 is 0.880 bits per heavy atom. The van der Waals surface area contributed by atoms with Gasteiger partial charge in [-0.15, -0.1) is 0 Å². The Morgan fingerprint density at radius 2 is 0.614 bits per heavy atom. The van der Waals surface area contributed by atoms with Gasteiger partial charge >= 0.3 is 52.5 Å². The topological polar surface area (TPSA) is 0 Å². The quantitative estimate of drug-likeness (QED) is 0.0524. The Bertz CT molecular complexity index is 2980. The molecule has 83 heavy (non-hydrogen) atoms. The van der Waals surface area contributed by atoms with Gasteiger partial charge in [-0.05, 0) is 103 Å². The number of halogens is 6. The van der Waals surface area contributed by atoms with Gasteiger partial charge in [0.1, 0.15) is 23.2 Å². The second-order valence-electron chi connectivity index (χ2n) is 19.2. The number of hydrogen-bond donors (Lipinski definition) is 0. The van der Waals surface area contributed by atoms with Crippen LogP contribution >= 0.6 is 30.9 Å². The molecule has 1 fully saturated rings. The molecule has 5 radical (unpaired) electrons. The molecule has 0 saturated heterocycles. The summed E-state index contributed by atoms with van der Waals surface area (Å²) in [6, 6.07) is 97.4. The normalized spacial score (nSPS) is 14.7. The zero-order valence-electron chi connectivity index (χ0n) is 45.6. The minimum atomic E-state index is -10.7. The molecule has 0 amide bonds. The van der Waals surface area contributed by atoms with Crippen LogP contribution in [0.25, 0.3) is 0 Å². The molecule has 3 aliphatic carbocycles. The van der Waals surface area contributed by atoms with Gasteiger partial charge in [0.2, 0.25) is 0 Å². The van der Waals surface area contributed by atoms with Gasteiger partial charge in [-0.3, -0.25) is 0 Å². The van der Waals surface area contributed by atoms with Crippen LogP contribution in [0.15, 0.2) is 314 Å². The van der Waals surface area contributed by atoms with Crippen LogP contribution in [-0.4, -0.2) is 0 Å². The molecule has 0 spiro atoms. The van der Waals surface area contributed by atoms with E-state index in [-0.39, 0.29) is 19.5 Å². The van der Waals surface area contributed by atoms with E-state index in [0.29, 0.717) is 0 Å². The van der Waals surface area contributed by atoms with E-state index in [2.05, 4.69) is 323 Å². The number of fused-ring (bicyclic) bond motifs is 1. The van der Waals surface area contributed by atoms with Gasteiger partial charge in [0.05, 0.1) is 0 Å². The van der Waals surface area contributed by atoms with Crippen molar-refractivity contribution >= 4 is 78.7 Å². The maximum Gasteiger partial charge on any atom is 2.00 e. The molecular weight excluding hydrogens is 1200 g/mol. The SMILES string of the molecule is F[P-](F)(F)(F)(F)F.[CH-]=C(C1=CCCCCC1)[P+](c1ccccc1)(c1ccccc1)c1ccccc1.[CH]1[CH][C]2C=CC=C[C]2[CH]1.[Ru+2].c1ccc(P(c2ccccc2)c2ccccc2)cc1.c1ccc(P(c2ccccc2)c2ccccc2)cc1. The van der Waals surface area contributed by atoms with E-state index in [4.69, 9.17) is 6.58 Å². The summed E-state index contributed by atoms with van der Waals surface area (Å²) in [7, 11) is -13.7. The van der Waals surface area contributed by atoms with Gasteiger partial charge in [0.15, 0.2) is 0 Å². The summed E-state index contributed by atoms with van der Waals surface area (Å²) in [5, 5.41) is 13.5. The zero-order chi connectivity index (χ0) is 57.6. The van der Waals surface area contributed by atoms with Gasteiger partial charge in [0.25, 0.3) is 0 Å². The Morgan fingerprint density at radius 1 is 0.361 bits per heavy atom. The van der Waals surface area contributed by atoms with Crippen molar-refractivity contribution in [1.29, 1.82) is 0 Å². The Balaban J connectivity index is 0.000000160. The van der Waals surface area contributed by atoms with Gasteiger partial charge in [0, 0.05) is 11.8 Å². The summed E-state index contributed by atoms with van der Waals surface area (Å²) in [6.07, 6.45) is 23.1. The molecule has 0 aromatic heterocycles. The first-order valence-electron chi connectivity index (χ1n) is 27.1. The number of allylic oxidation sites excluding steroid dienone is 7. The van der Waals surface area contributed by atoms with Crippen molar-refractivity contribution in [2.45, 2.75) is 32.1 Å². The van der Waals surface area contributed by atoms with E-state index in [9.17, 15) is 25.2 Å². The number of rotatable bonds is 11. The van der Waals surface area contributed by atoms with Gasteiger partial charge in [-0.2, -0.15) is 11.6 Å². The van der Waals surface area contributed by atoms with Gasteiger partial charge in [-0.1, -0.05) is 298 Å². The summed E-state index contributed by atoms with van der Waals surface area (Å²) < 4.78 is 59.2. The predicted octanol–water partition coefficient (Wildman–Crippen LogP) is 18.3. The van der Waals surface area contributed by atoms with Crippen LogP contribution in [-0.2, 0) is 19.5 Å². The fourth-order valence-corrected chi connectivity index (χ4v) is 18.5. The Hall–Kier alpha value is -6.14. The van der Waals surface area contributed by atoms with Crippen molar-refractivity contribution in [3.8, 4) is 0 Å². The van der Waals surface area contributed by atoms with Crippen LogP contribution in [0.3, 0.4) is 0 Å². The fraction of sp³-hybridized carbons (Fsp3) is 0.0694. The van der Waals surface area contributed by atoms with Crippen LogP contribution in [0, 0.1) is 37.7 Å². The molecule has 1 saturated carbocycles. The van der Waals surface area contributed by atoms with E-state index in [1.165, 1.54) is 84.4 Å². The molecule has 3 aliphatic rings. The van der Waals surface area contributed by atoms with E-state index in [0.717, 1.165) is 18.2 Å². The smallest absolute Gasteiger partial charge is 0.247 e. The summed E-state index contributed by atoms with van der Waals surface area (Å²) in [4.78, 5) is 0. The Kier molecular flexibility index (Phi) is 23.8. The van der Waals surface area contributed by atoms with Crippen molar-refractivity contribution in [1.82, 2.24) is 0 Å². The fourth-order valence-electron chi connectivity index (χ4n) is 9.71. The third-order valence-electron chi connectivity index (χ3n) is 13.3. The van der Waals surface area contributed by atoms with E-state index >= 15 is 0 Å². The van der Waals surface area contributed by atoms with Crippen molar-refractivity contribution in [3.63, 3.8) is 0 Å². The second-order valence-corrected chi connectivity index (χ2v) is 28.9. The molecule has 0 unspecified atom stereocenters. The van der Waals surface area contributed by atoms with Crippen molar-refractivity contribution in [2.24, 2.45) is 0 Å². The summed E-state index contributed by atoms with van der Waals surface area (Å²) in [6.45, 7) is 7.19. The summed E-state index contributed by atoms with van der Waals surface area (Å²) in [5.41, 5.74) is 1.36. The third kappa shape index (κ3) is 20.0. The first-order valence-corrected chi connectivity index (χ1v) is 33.6. The molecule has 0 atom stereocenters. The monoisotopic (exact) mass is 1270 g/mol. The van der Waals surface area contributed by atoms with Crippen molar-refractivity contribution < 1.29 is 44.7 Å². The minimum Gasteiger partial charge on any atom is -0.247 e. The largest absolute Gasteiger partial charge is 2.00 e. The summed E-state index contributed by atoms with van der Waals surface area (Å²) >= 11 is 0. The van der Waals surface area contributed by atoms with Gasteiger partial charge < -0.3 is 0 Å². The molecule has 0 aliphatic heterocycles. The zero-order valence-corrected chi connectivity index (χ0v) is 50.9. The predicted molar refractivity (Wildman–Crippen MR) is 346 cm³/mol. The molecule has 0 heterocycles. The van der Waals surface area contributed by atoms with Crippen LogP contribution in [0.2, 0.25) is 0 Å². The molecule has 421 valence electrons. The summed E-state index contributed by atoms with van der Waals surface area (Å²) in [5.74, 6) is 2.66. The average Bonchev–Trinajstić information content (AvgIpc) is 2.61. The Labute approximate surface area is 504 Å². The van der Waals surface area contributed by atoms with Crippen LogP contribution < -0.4 is 47.7 Å². The molecule has 11 heteroatoms. The standard InChI is InChI=1S/C27H27P.2C18H15P.C9H7.F6P.Ru/c1-23(24-15-7-2-3-8-16-24)28(25-17-9-4-10-18-25,26-19-11-5-12-20-26)27-21-13-6-14-22-27;2*1-4-10-16(11-5-1)19(17-12-6-2-7-13-17)18-14-8-3-9-15-18;1-2-5-9-7-3-6-8(9)4-1;1-7(2,3,4,5)6;/h1,4-6,9-15,17-22H,2-3,7-8,16H2;2*1-15H;1-7H;;/q;;;;-1;+2. The molecule has 0 N–H and O–H groups in total. The van der Waals surface area contributed by atoms with Crippen molar-refractivity contribution in [2.75, 3.05) is 0 Å². The van der Waals surface area contributed by atoms with E-state index in [1.54, 1.807) is 0 Å². The molecule has 9 aromatic carbocycles. The second kappa shape index (κ2) is 30.6. The van der Waals surface area contributed by atoms with E-state index < -0.39 is 30.9 Å². The molecule has 0 nitrogen and oxygen atoms in total. The minimum absolute atomic E-state index is 0. The van der Waals surface area contributed by atoms with Crippen LogP contribution in [0.1, 0.15) is 32.1 Å². The number of hydrogen-bond acceptors (Lipinski definition) is 0. The van der Waals surface area contributed by atoms with Crippen LogP contribution in [0.4, 0.5) is 25.2 Å². The molecule has 9 aromatic rings. The van der Waals surface area contributed by atoms with E-state index in [1.807, 2.05) is 0 Å². The third-order valence-corrected chi connectivity index (χ3v) is 22.4. The molecular formula is C72H64F6P4Ru+. The van der Waals surface area contributed by atoms with Gasteiger partial charge in [-0.25, -0.2) is 6.58 Å². The maximum absolute atomic E-state index is 10.7. The first-order chi connectivity index (χ1) is 39.6. The van der Waals surface area contributed by atoms with Crippen LogP contribution in [0.5, 0.6) is 0 Å². The maximum atomic E-state index is 9.87. The number of benzene rings is 9. The molecule has 12 rings (SSSR count). The average molecular weight is 1270 g/mol. The molecule has 0 bridgehead atoms.